The predicted molar refractivity (Wildman–Crippen MR) is 71.9 cm³/mol. The molecule has 0 radical (unpaired) electrons. The van der Waals surface area contributed by atoms with Gasteiger partial charge in [0.25, 0.3) is 0 Å². The molecular formula is C12H17BrClN. The van der Waals surface area contributed by atoms with Gasteiger partial charge in [0.2, 0.25) is 0 Å². The summed E-state index contributed by atoms with van der Waals surface area (Å²) in [6.45, 7) is 6.38. The zero-order chi connectivity index (χ0) is 11.4. The molecule has 0 unspecified atom stereocenters. The summed E-state index contributed by atoms with van der Waals surface area (Å²) in [6, 6.07) is 4.55. The molecule has 1 nitrogen and oxygen atoms in total. The highest BCUT2D eigenvalue weighted by atomic mass is 79.9. The minimum Gasteiger partial charge on any atom is -0.381 e. The van der Waals surface area contributed by atoms with E-state index in [4.69, 9.17) is 11.6 Å². The largest absolute Gasteiger partial charge is 0.381 e. The van der Waals surface area contributed by atoms with E-state index in [1.54, 1.807) is 0 Å². The van der Waals surface area contributed by atoms with E-state index >= 15 is 0 Å². The highest BCUT2D eigenvalue weighted by Crippen LogP contribution is 2.30. The Morgan fingerprint density at radius 3 is 2.47 bits per heavy atom. The highest BCUT2D eigenvalue weighted by Gasteiger charge is 2.08. The molecule has 15 heavy (non-hydrogen) atoms. The smallest absolute Gasteiger partial charge is 0.0501 e. The van der Waals surface area contributed by atoms with Crippen LogP contribution in [0.25, 0.3) is 0 Å². The molecule has 1 aromatic carbocycles. The van der Waals surface area contributed by atoms with Crippen molar-refractivity contribution in [3.05, 3.63) is 27.2 Å². The third-order valence-electron chi connectivity index (χ3n) is 2.59. The SMILES string of the molecule is CCC(CC)Nc1cc(Cl)c(C)cc1Br. The summed E-state index contributed by atoms with van der Waals surface area (Å²) in [7, 11) is 0. The number of benzene rings is 1. The average Bonchev–Trinajstić information content (AvgIpc) is 2.21. The first-order valence-corrected chi connectivity index (χ1v) is 6.47. The predicted octanol–water partition coefficient (Wildman–Crippen LogP) is 5.01. The van der Waals surface area contributed by atoms with Crippen molar-refractivity contribution in [2.75, 3.05) is 5.32 Å². The van der Waals surface area contributed by atoms with Crippen LogP contribution in [0.3, 0.4) is 0 Å². The molecule has 1 rings (SSSR count). The van der Waals surface area contributed by atoms with Gasteiger partial charge >= 0.3 is 0 Å². The minimum absolute atomic E-state index is 0.514. The molecule has 0 saturated heterocycles. The molecule has 1 aromatic rings. The van der Waals surface area contributed by atoms with Crippen molar-refractivity contribution in [1.29, 1.82) is 0 Å². The van der Waals surface area contributed by atoms with Crippen LogP contribution in [0.2, 0.25) is 5.02 Å². The fourth-order valence-electron chi connectivity index (χ4n) is 1.47. The lowest BCUT2D eigenvalue weighted by atomic mass is 10.1. The molecule has 0 aromatic heterocycles. The van der Waals surface area contributed by atoms with E-state index in [0.29, 0.717) is 6.04 Å². The number of hydrogen-bond donors (Lipinski definition) is 1. The summed E-state index contributed by atoms with van der Waals surface area (Å²) >= 11 is 9.64. The number of hydrogen-bond acceptors (Lipinski definition) is 1. The molecule has 0 saturated carbocycles. The van der Waals surface area contributed by atoms with Crippen LogP contribution in [0.15, 0.2) is 16.6 Å². The molecule has 0 fully saturated rings. The maximum absolute atomic E-state index is 6.09. The Labute approximate surface area is 105 Å². The average molecular weight is 291 g/mol. The van der Waals surface area contributed by atoms with Gasteiger partial charge in [-0.15, -0.1) is 0 Å². The van der Waals surface area contributed by atoms with Crippen LogP contribution in [0.4, 0.5) is 5.69 Å². The second-order valence-corrected chi connectivity index (χ2v) is 5.00. The van der Waals surface area contributed by atoms with E-state index in [9.17, 15) is 0 Å². The van der Waals surface area contributed by atoms with Crippen molar-refractivity contribution in [2.45, 2.75) is 39.7 Å². The topological polar surface area (TPSA) is 12.0 Å². The number of rotatable bonds is 4. The fraction of sp³-hybridized carbons (Fsp3) is 0.500. The van der Waals surface area contributed by atoms with Gasteiger partial charge in [0.05, 0.1) is 5.69 Å². The number of aryl methyl sites for hydroxylation is 1. The van der Waals surface area contributed by atoms with Gasteiger partial charge in [0, 0.05) is 15.5 Å². The number of halogens is 2. The van der Waals surface area contributed by atoms with Crippen molar-refractivity contribution >= 4 is 33.2 Å². The normalized spacial score (nSPS) is 10.8. The van der Waals surface area contributed by atoms with Crippen LogP contribution >= 0.6 is 27.5 Å². The van der Waals surface area contributed by atoms with Gasteiger partial charge in [-0.1, -0.05) is 25.4 Å². The molecule has 0 aliphatic carbocycles. The monoisotopic (exact) mass is 289 g/mol. The zero-order valence-corrected chi connectivity index (χ0v) is 11.7. The van der Waals surface area contributed by atoms with Gasteiger partial charge in [-0.2, -0.15) is 0 Å². The molecule has 84 valence electrons. The molecule has 0 aliphatic heterocycles. The summed E-state index contributed by atoms with van der Waals surface area (Å²) < 4.78 is 1.08. The molecule has 0 heterocycles. The molecule has 0 atom stereocenters. The van der Waals surface area contributed by atoms with Crippen LogP contribution in [0.5, 0.6) is 0 Å². The molecule has 0 aliphatic rings. The Morgan fingerprint density at radius 1 is 1.33 bits per heavy atom. The molecule has 0 spiro atoms. The van der Waals surface area contributed by atoms with Crippen molar-refractivity contribution < 1.29 is 0 Å². The molecule has 0 amide bonds. The molecular weight excluding hydrogens is 273 g/mol. The summed E-state index contributed by atoms with van der Waals surface area (Å²) in [6.07, 6.45) is 2.24. The van der Waals surface area contributed by atoms with E-state index in [1.165, 1.54) is 0 Å². The first kappa shape index (κ1) is 12.9. The van der Waals surface area contributed by atoms with Gasteiger partial charge < -0.3 is 5.32 Å². The van der Waals surface area contributed by atoms with Crippen LogP contribution < -0.4 is 5.32 Å². The van der Waals surface area contributed by atoms with Crippen molar-refractivity contribution in [2.24, 2.45) is 0 Å². The second kappa shape index (κ2) is 5.76. The Morgan fingerprint density at radius 2 is 1.93 bits per heavy atom. The third-order valence-corrected chi connectivity index (χ3v) is 3.66. The summed E-state index contributed by atoms with van der Waals surface area (Å²) in [4.78, 5) is 0. The first-order chi connectivity index (χ1) is 7.08. The summed E-state index contributed by atoms with van der Waals surface area (Å²) in [5, 5.41) is 4.30. The molecule has 1 N–H and O–H groups in total. The Hall–Kier alpha value is -0.210. The van der Waals surface area contributed by atoms with Crippen molar-refractivity contribution in [1.82, 2.24) is 0 Å². The molecule has 0 bridgehead atoms. The Bertz CT molecular complexity index is 335. The van der Waals surface area contributed by atoms with Gasteiger partial charge in [-0.05, 0) is 53.4 Å². The quantitative estimate of drug-likeness (QED) is 0.822. The Balaban J connectivity index is 2.89. The van der Waals surface area contributed by atoms with Crippen LogP contribution in [0.1, 0.15) is 32.3 Å². The Kier molecular flexibility index (Phi) is 4.94. The molecule has 3 heteroatoms. The van der Waals surface area contributed by atoms with Crippen LogP contribution in [-0.2, 0) is 0 Å². The number of anilines is 1. The first-order valence-electron chi connectivity index (χ1n) is 5.30. The lowest BCUT2D eigenvalue weighted by molar-refractivity contribution is 0.671. The van der Waals surface area contributed by atoms with E-state index in [2.05, 4.69) is 35.1 Å². The van der Waals surface area contributed by atoms with E-state index < -0.39 is 0 Å². The minimum atomic E-state index is 0.514. The second-order valence-electron chi connectivity index (χ2n) is 3.74. The highest BCUT2D eigenvalue weighted by molar-refractivity contribution is 9.10. The van der Waals surface area contributed by atoms with E-state index in [-0.39, 0.29) is 0 Å². The van der Waals surface area contributed by atoms with Crippen molar-refractivity contribution in [3.8, 4) is 0 Å². The zero-order valence-electron chi connectivity index (χ0n) is 9.40. The van der Waals surface area contributed by atoms with Crippen molar-refractivity contribution in [3.63, 3.8) is 0 Å². The fourth-order valence-corrected chi connectivity index (χ4v) is 2.21. The summed E-state index contributed by atoms with van der Waals surface area (Å²) in [5.41, 5.74) is 2.18. The van der Waals surface area contributed by atoms with Gasteiger partial charge in [0.1, 0.15) is 0 Å². The lowest BCUT2D eigenvalue weighted by Gasteiger charge is -2.18. The van der Waals surface area contributed by atoms with Crippen LogP contribution in [0, 0.1) is 6.92 Å². The van der Waals surface area contributed by atoms with Gasteiger partial charge in [-0.3, -0.25) is 0 Å². The standard InChI is InChI=1S/C12H17BrClN/c1-4-9(5-2)15-12-7-11(14)8(3)6-10(12)13/h6-7,9,15H,4-5H2,1-3H3. The van der Waals surface area contributed by atoms with Crippen LogP contribution in [-0.4, -0.2) is 6.04 Å². The van der Waals surface area contributed by atoms with Gasteiger partial charge in [0.15, 0.2) is 0 Å². The third kappa shape index (κ3) is 3.39. The van der Waals surface area contributed by atoms with E-state index in [1.807, 2.05) is 19.1 Å². The number of nitrogens with one attached hydrogen (secondary N) is 1. The lowest BCUT2D eigenvalue weighted by Crippen LogP contribution is -2.17. The maximum atomic E-state index is 6.09. The van der Waals surface area contributed by atoms with E-state index in [0.717, 1.165) is 33.6 Å². The maximum Gasteiger partial charge on any atom is 0.0501 e. The van der Waals surface area contributed by atoms with Gasteiger partial charge in [-0.25, -0.2) is 0 Å². The summed E-state index contributed by atoms with van der Waals surface area (Å²) in [5.74, 6) is 0.